The lowest BCUT2D eigenvalue weighted by Gasteiger charge is -2.26. The number of hydrogen-bond donors (Lipinski definition) is 0. The highest BCUT2D eigenvalue weighted by atomic mass is 16.2. The number of fused-ring (bicyclic) bond motifs is 2. The minimum absolute atomic E-state index is 0.171. The van der Waals surface area contributed by atoms with Crippen LogP contribution in [0, 0.1) is 17.8 Å². The van der Waals surface area contributed by atoms with Crippen molar-refractivity contribution in [3.8, 4) is 11.8 Å². The molecule has 0 atom stereocenters. The zero-order valence-corrected chi connectivity index (χ0v) is 13.7. The lowest BCUT2D eigenvalue weighted by Crippen LogP contribution is -2.31. The molecule has 2 heteroatoms. The summed E-state index contributed by atoms with van der Waals surface area (Å²) in [6.45, 7) is 4.88. The quantitative estimate of drug-likeness (QED) is 0.771. The Morgan fingerprint density at radius 1 is 1.04 bits per heavy atom. The molecule has 116 valence electrons. The summed E-state index contributed by atoms with van der Waals surface area (Å²) >= 11 is 0. The zero-order valence-electron chi connectivity index (χ0n) is 13.7. The van der Waals surface area contributed by atoms with Crippen LogP contribution in [0.5, 0.6) is 0 Å². The highest BCUT2D eigenvalue weighted by Crippen LogP contribution is 2.26. The van der Waals surface area contributed by atoms with Crippen LogP contribution in [-0.2, 0) is 11.3 Å². The summed E-state index contributed by atoms with van der Waals surface area (Å²) in [4.78, 5) is 14.7. The number of carbonyl (C=O) groups is 1. The van der Waals surface area contributed by atoms with Gasteiger partial charge in [-0.1, -0.05) is 56.0 Å². The summed E-state index contributed by atoms with van der Waals surface area (Å²) < 4.78 is 0. The first-order valence-electron chi connectivity index (χ1n) is 8.14. The molecule has 2 nitrogen and oxygen atoms in total. The molecule has 0 aromatic heterocycles. The van der Waals surface area contributed by atoms with Gasteiger partial charge in [-0.15, -0.1) is 0 Å². The largest absolute Gasteiger partial charge is 0.307 e. The van der Waals surface area contributed by atoms with Gasteiger partial charge >= 0.3 is 0 Å². The normalized spacial score (nSPS) is 12.6. The molecule has 0 N–H and O–H groups in total. The Labute approximate surface area is 138 Å². The summed E-state index contributed by atoms with van der Waals surface area (Å²) in [6.07, 6.45) is 1.48. The average Bonchev–Trinajstić information content (AvgIpc) is 2.55. The van der Waals surface area contributed by atoms with E-state index in [2.05, 4.69) is 31.8 Å². The van der Waals surface area contributed by atoms with Gasteiger partial charge in [-0.25, -0.2) is 0 Å². The fraction of sp³-hybridized carbons (Fsp3) is 0.286. The molecule has 2 aromatic carbocycles. The molecule has 0 fully saturated rings. The predicted molar refractivity (Wildman–Crippen MR) is 94.1 cm³/mol. The molecule has 1 aliphatic heterocycles. The first-order valence-corrected chi connectivity index (χ1v) is 8.14. The Bertz CT molecular complexity index is 780. The van der Waals surface area contributed by atoms with Crippen molar-refractivity contribution in [1.82, 2.24) is 0 Å². The van der Waals surface area contributed by atoms with Crippen LogP contribution in [0.25, 0.3) is 0 Å². The molecule has 1 aliphatic rings. The molecule has 0 saturated heterocycles. The van der Waals surface area contributed by atoms with E-state index in [1.807, 2.05) is 47.4 Å². The van der Waals surface area contributed by atoms with E-state index >= 15 is 0 Å². The van der Waals surface area contributed by atoms with Gasteiger partial charge in [-0.3, -0.25) is 4.79 Å². The van der Waals surface area contributed by atoms with Crippen LogP contribution >= 0.6 is 0 Å². The van der Waals surface area contributed by atoms with Crippen LogP contribution in [-0.4, -0.2) is 5.91 Å². The number of amides is 1. The topological polar surface area (TPSA) is 20.3 Å². The van der Waals surface area contributed by atoms with Crippen LogP contribution in [0.2, 0.25) is 0 Å². The third-order valence-electron chi connectivity index (χ3n) is 4.11. The lowest BCUT2D eigenvalue weighted by atomic mass is 10.0. The van der Waals surface area contributed by atoms with Crippen LogP contribution in [0.15, 0.2) is 48.5 Å². The maximum Gasteiger partial charge on any atom is 0.227 e. The van der Waals surface area contributed by atoms with E-state index in [0.717, 1.165) is 28.8 Å². The Kier molecular flexibility index (Phi) is 4.48. The minimum atomic E-state index is 0.171. The first-order chi connectivity index (χ1) is 11.1. The molecule has 2 aromatic rings. The van der Waals surface area contributed by atoms with Gasteiger partial charge in [0.2, 0.25) is 5.91 Å². The van der Waals surface area contributed by atoms with E-state index in [1.165, 1.54) is 0 Å². The molecule has 23 heavy (non-hydrogen) atoms. The predicted octanol–water partition coefficient (Wildman–Crippen LogP) is 4.37. The minimum Gasteiger partial charge on any atom is -0.307 e. The molecule has 0 spiro atoms. The van der Waals surface area contributed by atoms with E-state index in [-0.39, 0.29) is 5.91 Å². The van der Waals surface area contributed by atoms with Gasteiger partial charge in [0.25, 0.3) is 0 Å². The third kappa shape index (κ3) is 3.46. The molecular formula is C21H21NO. The highest BCUT2D eigenvalue weighted by molar-refractivity contribution is 5.95. The Morgan fingerprint density at radius 3 is 2.48 bits per heavy atom. The van der Waals surface area contributed by atoms with Crippen LogP contribution < -0.4 is 4.90 Å². The molecule has 0 unspecified atom stereocenters. The molecule has 0 saturated carbocycles. The van der Waals surface area contributed by atoms with Gasteiger partial charge in [0.05, 0.1) is 12.2 Å². The number of para-hydroxylation sites is 1. The summed E-state index contributed by atoms with van der Waals surface area (Å²) in [5, 5.41) is 0. The SMILES string of the molecule is CC(C)CCC(=O)N1Cc2ccccc2C#Cc2ccccc21. The molecule has 0 aliphatic carbocycles. The van der Waals surface area contributed by atoms with Gasteiger partial charge in [0, 0.05) is 17.5 Å². The molecule has 0 bridgehead atoms. The zero-order chi connectivity index (χ0) is 16.2. The Morgan fingerprint density at radius 2 is 1.70 bits per heavy atom. The summed E-state index contributed by atoms with van der Waals surface area (Å²) in [7, 11) is 0. The lowest BCUT2D eigenvalue weighted by molar-refractivity contribution is -0.119. The molecular weight excluding hydrogens is 282 g/mol. The molecule has 1 amide bonds. The van der Waals surface area contributed by atoms with Gasteiger partial charge in [-0.05, 0) is 36.1 Å². The number of hydrogen-bond acceptors (Lipinski definition) is 1. The maximum atomic E-state index is 12.8. The first kappa shape index (κ1) is 15.4. The van der Waals surface area contributed by atoms with Crippen LogP contribution in [0.3, 0.4) is 0 Å². The molecule has 3 rings (SSSR count). The van der Waals surface area contributed by atoms with Crippen molar-refractivity contribution in [2.45, 2.75) is 33.2 Å². The van der Waals surface area contributed by atoms with E-state index in [4.69, 9.17) is 0 Å². The van der Waals surface area contributed by atoms with Crippen molar-refractivity contribution in [1.29, 1.82) is 0 Å². The number of carbonyl (C=O) groups excluding carboxylic acids is 1. The second-order valence-electron chi connectivity index (χ2n) is 6.34. The van der Waals surface area contributed by atoms with Crippen molar-refractivity contribution in [3.63, 3.8) is 0 Å². The number of rotatable bonds is 3. The van der Waals surface area contributed by atoms with Gasteiger partial charge in [0.1, 0.15) is 0 Å². The number of benzene rings is 2. The van der Waals surface area contributed by atoms with Gasteiger partial charge in [0.15, 0.2) is 0 Å². The second kappa shape index (κ2) is 6.71. The fourth-order valence-corrected chi connectivity index (χ4v) is 2.75. The summed E-state index contributed by atoms with van der Waals surface area (Å²) in [6, 6.07) is 16.0. The number of nitrogens with zero attached hydrogens (tertiary/aromatic N) is 1. The smallest absolute Gasteiger partial charge is 0.227 e. The van der Waals surface area contributed by atoms with Gasteiger partial charge < -0.3 is 4.90 Å². The van der Waals surface area contributed by atoms with E-state index in [1.54, 1.807) is 0 Å². The summed E-state index contributed by atoms with van der Waals surface area (Å²) in [5.41, 5.74) is 3.94. The van der Waals surface area contributed by atoms with Crippen molar-refractivity contribution >= 4 is 11.6 Å². The second-order valence-corrected chi connectivity index (χ2v) is 6.34. The monoisotopic (exact) mass is 303 g/mol. The van der Waals surface area contributed by atoms with Crippen molar-refractivity contribution in [3.05, 3.63) is 65.2 Å². The average molecular weight is 303 g/mol. The van der Waals surface area contributed by atoms with Crippen molar-refractivity contribution < 1.29 is 4.79 Å². The van der Waals surface area contributed by atoms with Gasteiger partial charge in [-0.2, -0.15) is 0 Å². The Hall–Kier alpha value is -2.53. The van der Waals surface area contributed by atoms with Crippen LogP contribution in [0.4, 0.5) is 5.69 Å². The third-order valence-corrected chi connectivity index (χ3v) is 4.11. The van der Waals surface area contributed by atoms with E-state index < -0.39 is 0 Å². The van der Waals surface area contributed by atoms with Crippen molar-refractivity contribution in [2.75, 3.05) is 4.90 Å². The van der Waals surface area contributed by atoms with E-state index in [0.29, 0.717) is 18.9 Å². The maximum absolute atomic E-state index is 12.8. The standard InChI is InChI=1S/C21H21NO/c1-16(2)11-14-21(23)22-15-19-9-4-3-7-17(19)12-13-18-8-5-6-10-20(18)22/h3-10,16H,11,14-15H2,1-2H3. The highest BCUT2D eigenvalue weighted by Gasteiger charge is 2.20. The number of anilines is 1. The fourth-order valence-electron chi connectivity index (χ4n) is 2.75. The molecule has 0 radical (unpaired) electrons. The Balaban J connectivity index is 2.02. The molecule has 1 heterocycles. The van der Waals surface area contributed by atoms with Crippen LogP contribution in [0.1, 0.15) is 43.4 Å². The summed E-state index contributed by atoms with van der Waals surface area (Å²) in [5.74, 6) is 7.17. The van der Waals surface area contributed by atoms with E-state index in [9.17, 15) is 4.79 Å². The van der Waals surface area contributed by atoms with Crippen molar-refractivity contribution in [2.24, 2.45) is 5.92 Å².